The predicted octanol–water partition coefficient (Wildman–Crippen LogP) is 6.51. The molecule has 1 N–H and O–H groups in total. The fourth-order valence-electron chi connectivity index (χ4n) is 4.17. The number of halogens is 2. The van der Waals surface area contributed by atoms with Crippen LogP contribution in [0, 0.1) is 0 Å². The second-order valence-corrected chi connectivity index (χ2v) is 9.30. The van der Waals surface area contributed by atoms with Gasteiger partial charge in [0.2, 0.25) is 0 Å². The molecule has 0 aromatic heterocycles. The Bertz CT molecular complexity index is 1550. The van der Waals surface area contributed by atoms with Crippen molar-refractivity contribution in [2.24, 2.45) is 0 Å². The summed E-state index contributed by atoms with van der Waals surface area (Å²) in [5, 5.41) is 4.37. The molecular formula is C28H18BrClN2O3. The molecule has 1 aliphatic heterocycles. The largest absolute Gasteiger partial charge is 0.335 e. The van der Waals surface area contributed by atoms with E-state index in [-0.39, 0.29) is 16.3 Å². The van der Waals surface area contributed by atoms with E-state index in [1.165, 1.54) is 0 Å². The van der Waals surface area contributed by atoms with Crippen LogP contribution >= 0.6 is 27.5 Å². The summed E-state index contributed by atoms with van der Waals surface area (Å²) in [5.41, 5.74) is 2.81. The Morgan fingerprint density at radius 2 is 1.54 bits per heavy atom. The standard InChI is InChI=1S/C28H18BrClN2O3/c29-23-10-4-2-8-19(23)15-18-14-13-17-7-1-3-9-20(17)21(18)16-22-26(33)31-28(35)32(27(22)34)25-12-6-5-11-24(25)30/h1-14,16H,15H2,(H,31,33,35)/b22-16+. The maximum absolute atomic E-state index is 13.5. The van der Waals surface area contributed by atoms with Gasteiger partial charge in [-0.1, -0.05) is 94.3 Å². The third kappa shape index (κ3) is 4.38. The summed E-state index contributed by atoms with van der Waals surface area (Å²) in [6.07, 6.45) is 2.15. The number of hydrogen-bond donors (Lipinski definition) is 1. The second-order valence-electron chi connectivity index (χ2n) is 8.04. The minimum absolute atomic E-state index is 0.144. The predicted molar refractivity (Wildman–Crippen MR) is 141 cm³/mol. The van der Waals surface area contributed by atoms with Crippen LogP contribution in [0.3, 0.4) is 0 Å². The molecule has 0 saturated carbocycles. The molecule has 5 rings (SSSR count). The quantitative estimate of drug-likeness (QED) is 0.235. The Kier molecular flexibility index (Phi) is 6.24. The lowest BCUT2D eigenvalue weighted by Crippen LogP contribution is -2.54. The van der Waals surface area contributed by atoms with E-state index in [2.05, 4.69) is 21.2 Å². The van der Waals surface area contributed by atoms with E-state index < -0.39 is 17.8 Å². The van der Waals surface area contributed by atoms with Gasteiger partial charge in [0, 0.05) is 4.47 Å². The highest BCUT2D eigenvalue weighted by atomic mass is 79.9. The average Bonchev–Trinajstić information content (AvgIpc) is 2.85. The average molecular weight is 546 g/mol. The zero-order valence-corrected chi connectivity index (χ0v) is 20.6. The van der Waals surface area contributed by atoms with Crippen LogP contribution < -0.4 is 10.2 Å². The highest BCUT2D eigenvalue weighted by Crippen LogP contribution is 2.32. The maximum Gasteiger partial charge on any atom is 0.335 e. The molecule has 5 nitrogen and oxygen atoms in total. The normalized spacial score (nSPS) is 15.1. The van der Waals surface area contributed by atoms with Crippen molar-refractivity contribution in [1.29, 1.82) is 0 Å². The van der Waals surface area contributed by atoms with Gasteiger partial charge in [-0.25, -0.2) is 9.69 Å². The molecule has 1 fully saturated rings. The first kappa shape index (κ1) is 23.0. The molecule has 4 amide bonds. The van der Waals surface area contributed by atoms with Crippen LogP contribution in [0.4, 0.5) is 10.5 Å². The van der Waals surface area contributed by atoms with Gasteiger partial charge in [-0.15, -0.1) is 0 Å². The molecular weight excluding hydrogens is 528 g/mol. The van der Waals surface area contributed by atoms with Crippen LogP contribution in [0.15, 0.2) is 95.0 Å². The Morgan fingerprint density at radius 1 is 0.829 bits per heavy atom. The van der Waals surface area contributed by atoms with Crippen molar-refractivity contribution in [3.05, 3.63) is 117 Å². The molecule has 1 saturated heterocycles. The number of carbonyl (C=O) groups is 3. The molecule has 1 heterocycles. The number of barbiturate groups is 1. The number of fused-ring (bicyclic) bond motifs is 1. The van der Waals surface area contributed by atoms with Gasteiger partial charge >= 0.3 is 6.03 Å². The lowest BCUT2D eigenvalue weighted by atomic mass is 9.92. The van der Waals surface area contributed by atoms with Crippen molar-refractivity contribution in [1.82, 2.24) is 5.32 Å². The minimum Gasteiger partial charge on any atom is -0.273 e. The molecule has 1 aliphatic rings. The SMILES string of the molecule is O=C1NC(=O)N(c2ccccc2Cl)C(=O)/C1=C/c1c(Cc2ccccc2Br)ccc2ccccc12. The summed E-state index contributed by atoms with van der Waals surface area (Å²) in [4.78, 5) is 39.8. The summed E-state index contributed by atoms with van der Waals surface area (Å²) < 4.78 is 0.966. The van der Waals surface area contributed by atoms with Crippen molar-refractivity contribution in [3.8, 4) is 0 Å². The zero-order chi connectivity index (χ0) is 24.5. The molecule has 0 bridgehead atoms. The van der Waals surface area contributed by atoms with Gasteiger partial charge in [-0.2, -0.15) is 0 Å². The Balaban J connectivity index is 1.67. The molecule has 0 unspecified atom stereocenters. The first-order chi connectivity index (χ1) is 16.9. The van der Waals surface area contributed by atoms with Crippen LogP contribution in [-0.2, 0) is 16.0 Å². The minimum atomic E-state index is -0.836. The number of urea groups is 1. The molecule has 7 heteroatoms. The van der Waals surface area contributed by atoms with Crippen LogP contribution in [0.2, 0.25) is 5.02 Å². The number of imide groups is 2. The number of benzene rings is 4. The van der Waals surface area contributed by atoms with Gasteiger partial charge in [-0.05, 0) is 58.2 Å². The van der Waals surface area contributed by atoms with Crippen LogP contribution in [0.1, 0.15) is 16.7 Å². The monoisotopic (exact) mass is 544 g/mol. The number of para-hydroxylation sites is 1. The maximum atomic E-state index is 13.5. The van der Waals surface area contributed by atoms with Gasteiger partial charge in [0.05, 0.1) is 10.7 Å². The highest BCUT2D eigenvalue weighted by molar-refractivity contribution is 9.10. The van der Waals surface area contributed by atoms with Crippen molar-refractivity contribution >= 4 is 67.9 Å². The van der Waals surface area contributed by atoms with Gasteiger partial charge in [-0.3, -0.25) is 14.9 Å². The molecule has 0 spiro atoms. The number of nitrogens with one attached hydrogen (secondary N) is 1. The zero-order valence-electron chi connectivity index (χ0n) is 18.3. The molecule has 4 aromatic carbocycles. The van der Waals surface area contributed by atoms with E-state index in [1.807, 2.05) is 60.7 Å². The fraction of sp³-hybridized carbons (Fsp3) is 0.0357. The number of anilines is 1. The molecule has 4 aromatic rings. The van der Waals surface area contributed by atoms with Gasteiger partial charge < -0.3 is 0 Å². The van der Waals surface area contributed by atoms with Crippen molar-refractivity contribution in [3.63, 3.8) is 0 Å². The van der Waals surface area contributed by atoms with E-state index in [0.717, 1.165) is 36.8 Å². The van der Waals surface area contributed by atoms with Crippen LogP contribution in [0.5, 0.6) is 0 Å². The van der Waals surface area contributed by atoms with Gasteiger partial charge in [0.1, 0.15) is 5.57 Å². The number of amides is 4. The summed E-state index contributed by atoms with van der Waals surface area (Å²) in [6.45, 7) is 0. The molecule has 0 radical (unpaired) electrons. The third-order valence-corrected chi connectivity index (χ3v) is 6.98. The Labute approximate surface area is 215 Å². The van der Waals surface area contributed by atoms with Crippen LogP contribution in [-0.4, -0.2) is 17.8 Å². The van der Waals surface area contributed by atoms with Crippen LogP contribution in [0.25, 0.3) is 16.8 Å². The lowest BCUT2D eigenvalue weighted by molar-refractivity contribution is -0.122. The summed E-state index contributed by atoms with van der Waals surface area (Å²) in [7, 11) is 0. The van der Waals surface area contributed by atoms with Crippen molar-refractivity contribution in [2.75, 3.05) is 4.90 Å². The fourth-order valence-corrected chi connectivity index (χ4v) is 4.81. The Morgan fingerprint density at radius 3 is 2.34 bits per heavy atom. The Hall–Kier alpha value is -3.74. The summed E-state index contributed by atoms with van der Waals surface area (Å²) in [6, 6.07) is 25.4. The summed E-state index contributed by atoms with van der Waals surface area (Å²) in [5.74, 6) is -1.48. The first-order valence-corrected chi connectivity index (χ1v) is 12.0. The van der Waals surface area contributed by atoms with Gasteiger partial charge in [0.15, 0.2) is 0 Å². The number of carbonyl (C=O) groups excluding carboxylic acids is 3. The second kappa shape index (κ2) is 9.49. The molecule has 172 valence electrons. The van der Waals surface area contributed by atoms with E-state index in [4.69, 9.17) is 11.6 Å². The third-order valence-electron chi connectivity index (χ3n) is 5.88. The van der Waals surface area contributed by atoms with Crippen molar-refractivity contribution in [2.45, 2.75) is 6.42 Å². The topological polar surface area (TPSA) is 66.5 Å². The van der Waals surface area contributed by atoms with E-state index in [9.17, 15) is 14.4 Å². The van der Waals surface area contributed by atoms with E-state index in [1.54, 1.807) is 30.3 Å². The summed E-state index contributed by atoms with van der Waals surface area (Å²) >= 11 is 9.86. The first-order valence-electron chi connectivity index (χ1n) is 10.8. The van der Waals surface area contributed by atoms with E-state index in [0.29, 0.717) is 6.42 Å². The smallest absolute Gasteiger partial charge is 0.273 e. The number of rotatable bonds is 4. The number of nitrogens with zero attached hydrogens (tertiary/aromatic N) is 1. The molecule has 0 aliphatic carbocycles. The molecule has 0 atom stereocenters. The van der Waals surface area contributed by atoms with Crippen molar-refractivity contribution < 1.29 is 14.4 Å². The van der Waals surface area contributed by atoms with Gasteiger partial charge in [0.25, 0.3) is 11.8 Å². The number of hydrogen-bond acceptors (Lipinski definition) is 3. The highest BCUT2D eigenvalue weighted by Gasteiger charge is 2.37. The lowest BCUT2D eigenvalue weighted by Gasteiger charge is -2.27. The van der Waals surface area contributed by atoms with E-state index >= 15 is 0 Å². The molecule has 35 heavy (non-hydrogen) atoms.